The number of carbonyl (C=O) groups is 2. The molecule has 0 radical (unpaired) electrons. The summed E-state index contributed by atoms with van der Waals surface area (Å²) in [5.74, 6) is -1.37. The SMILES string of the molecule is CN(Cc1ccccc1F)C(=O)COC(=O)c1ccc(-n2cccc2)cc1. The Labute approximate surface area is 156 Å². The fourth-order valence-electron chi connectivity index (χ4n) is 2.57. The molecular formula is C21H19FN2O3. The Morgan fingerprint density at radius 3 is 2.33 bits per heavy atom. The van der Waals surface area contributed by atoms with E-state index < -0.39 is 18.5 Å². The van der Waals surface area contributed by atoms with Crippen molar-refractivity contribution in [1.29, 1.82) is 0 Å². The van der Waals surface area contributed by atoms with Gasteiger partial charge in [0.1, 0.15) is 5.82 Å². The van der Waals surface area contributed by atoms with E-state index in [0.29, 0.717) is 11.1 Å². The molecule has 6 heteroatoms. The lowest BCUT2D eigenvalue weighted by molar-refractivity contribution is -0.133. The van der Waals surface area contributed by atoms with Gasteiger partial charge in [0, 0.05) is 37.2 Å². The van der Waals surface area contributed by atoms with Crippen LogP contribution >= 0.6 is 0 Å². The Hall–Kier alpha value is -3.41. The van der Waals surface area contributed by atoms with Crippen LogP contribution in [-0.4, -0.2) is 35.0 Å². The summed E-state index contributed by atoms with van der Waals surface area (Å²) in [7, 11) is 1.54. The van der Waals surface area contributed by atoms with Crippen LogP contribution in [0.4, 0.5) is 4.39 Å². The second-order valence-corrected chi connectivity index (χ2v) is 6.05. The molecule has 0 aliphatic heterocycles. The predicted molar refractivity (Wildman–Crippen MR) is 98.9 cm³/mol. The molecule has 27 heavy (non-hydrogen) atoms. The lowest BCUT2D eigenvalue weighted by atomic mass is 10.2. The molecule has 0 aliphatic carbocycles. The topological polar surface area (TPSA) is 51.5 Å². The Balaban J connectivity index is 1.53. The second kappa shape index (κ2) is 8.31. The molecule has 0 bridgehead atoms. The number of halogens is 1. The standard InChI is InChI=1S/C21H19FN2O3/c1-23(14-17-6-2-3-7-19(17)22)20(25)15-27-21(26)16-8-10-18(11-9-16)24-12-4-5-13-24/h2-13H,14-15H2,1H3. The summed E-state index contributed by atoms with van der Waals surface area (Å²) in [6.45, 7) is -0.294. The van der Waals surface area contributed by atoms with E-state index in [4.69, 9.17) is 4.74 Å². The first-order valence-corrected chi connectivity index (χ1v) is 8.42. The third-order valence-electron chi connectivity index (χ3n) is 4.12. The molecular weight excluding hydrogens is 347 g/mol. The average Bonchev–Trinajstić information content (AvgIpc) is 3.22. The molecule has 0 spiro atoms. The summed E-state index contributed by atoms with van der Waals surface area (Å²) < 4.78 is 20.7. The molecule has 3 aromatic rings. The third-order valence-corrected chi connectivity index (χ3v) is 4.12. The number of benzene rings is 2. The lowest BCUT2D eigenvalue weighted by Gasteiger charge is -2.17. The van der Waals surface area contributed by atoms with Crippen LogP contribution in [0.1, 0.15) is 15.9 Å². The molecule has 3 rings (SSSR count). The van der Waals surface area contributed by atoms with Crippen molar-refractivity contribution >= 4 is 11.9 Å². The van der Waals surface area contributed by atoms with Crippen LogP contribution in [0.15, 0.2) is 73.1 Å². The van der Waals surface area contributed by atoms with Gasteiger partial charge in [-0.05, 0) is 42.5 Å². The van der Waals surface area contributed by atoms with E-state index in [2.05, 4.69) is 0 Å². The molecule has 1 amide bonds. The summed E-state index contributed by atoms with van der Waals surface area (Å²) in [4.78, 5) is 25.6. The van der Waals surface area contributed by atoms with E-state index in [1.54, 1.807) is 42.5 Å². The van der Waals surface area contributed by atoms with Crippen LogP contribution in [0, 0.1) is 5.82 Å². The minimum Gasteiger partial charge on any atom is -0.452 e. The Morgan fingerprint density at radius 1 is 1.00 bits per heavy atom. The normalized spacial score (nSPS) is 10.4. The van der Waals surface area contributed by atoms with Gasteiger partial charge in [-0.1, -0.05) is 18.2 Å². The van der Waals surface area contributed by atoms with E-state index in [1.165, 1.54) is 18.0 Å². The van der Waals surface area contributed by atoms with Gasteiger partial charge < -0.3 is 14.2 Å². The maximum atomic E-state index is 13.7. The predicted octanol–water partition coefficient (Wildman–Crippen LogP) is 3.43. The number of nitrogens with zero attached hydrogens (tertiary/aromatic N) is 2. The van der Waals surface area contributed by atoms with Crippen LogP contribution < -0.4 is 0 Å². The fraction of sp³-hybridized carbons (Fsp3) is 0.143. The molecule has 0 fully saturated rings. The van der Waals surface area contributed by atoms with Crippen molar-refractivity contribution < 1.29 is 18.7 Å². The summed E-state index contributed by atoms with van der Waals surface area (Å²) in [5.41, 5.74) is 1.67. The molecule has 1 heterocycles. The minimum absolute atomic E-state index is 0.106. The van der Waals surface area contributed by atoms with Gasteiger partial charge in [0.15, 0.2) is 6.61 Å². The monoisotopic (exact) mass is 366 g/mol. The number of esters is 1. The van der Waals surface area contributed by atoms with Gasteiger partial charge in [-0.15, -0.1) is 0 Å². The zero-order chi connectivity index (χ0) is 19.2. The molecule has 5 nitrogen and oxygen atoms in total. The van der Waals surface area contributed by atoms with Crippen LogP contribution in [0.5, 0.6) is 0 Å². The zero-order valence-corrected chi connectivity index (χ0v) is 14.8. The van der Waals surface area contributed by atoms with Gasteiger partial charge in [-0.25, -0.2) is 9.18 Å². The average molecular weight is 366 g/mol. The quantitative estimate of drug-likeness (QED) is 0.628. The van der Waals surface area contributed by atoms with Crippen molar-refractivity contribution in [1.82, 2.24) is 9.47 Å². The molecule has 0 N–H and O–H groups in total. The van der Waals surface area contributed by atoms with E-state index in [0.717, 1.165) is 5.69 Å². The highest BCUT2D eigenvalue weighted by Gasteiger charge is 2.15. The number of ether oxygens (including phenoxy) is 1. The third kappa shape index (κ3) is 4.61. The summed E-state index contributed by atoms with van der Waals surface area (Å²) >= 11 is 0. The molecule has 0 saturated heterocycles. The van der Waals surface area contributed by atoms with Crippen LogP contribution in [-0.2, 0) is 16.1 Å². The van der Waals surface area contributed by atoms with Crippen molar-refractivity contribution in [3.63, 3.8) is 0 Å². The number of amides is 1. The maximum Gasteiger partial charge on any atom is 0.338 e. The second-order valence-electron chi connectivity index (χ2n) is 6.05. The lowest BCUT2D eigenvalue weighted by Crippen LogP contribution is -2.31. The minimum atomic E-state index is -0.582. The van der Waals surface area contributed by atoms with Crippen LogP contribution in [0.2, 0.25) is 0 Å². The van der Waals surface area contributed by atoms with Crippen LogP contribution in [0.25, 0.3) is 5.69 Å². The van der Waals surface area contributed by atoms with E-state index in [9.17, 15) is 14.0 Å². The highest BCUT2D eigenvalue weighted by Crippen LogP contribution is 2.12. The molecule has 0 saturated carbocycles. The highest BCUT2D eigenvalue weighted by atomic mass is 19.1. The number of aromatic nitrogens is 1. The van der Waals surface area contributed by atoms with Crippen molar-refractivity contribution in [3.05, 3.63) is 90.0 Å². The van der Waals surface area contributed by atoms with Crippen molar-refractivity contribution in [2.24, 2.45) is 0 Å². The van der Waals surface area contributed by atoms with Crippen molar-refractivity contribution in [3.8, 4) is 5.69 Å². The molecule has 0 aliphatic rings. The van der Waals surface area contributed by atoms with Gasteiger partial charge in [0.25, 0.3) is 5.91 Å². The highest BCUT2D eigenvalue weighted by molar-refractivity contribution is 5.91. The van der Waals surface area contributed by atoms with Gasteiger partial charge in [0.05, 0.1) is 5.56 Å². The molecule has 1 aromatic heterocycles. The summed E-state index contributed by atoms with van der Waals surface area (Å²) in [5, 5.41) is 0. The number of likely N-dealkylation sites (N-methyl/N-ethyl adjacent to an activating group) is 1. The van der Waals surface area contributed by atoms with E-state index in [1.807, 2.05) is 29.1 Å². The molecule has 2 aromatic carbocycles. The van der Waals surface area contributed by atoms with E-state index in [-0.39, 0.29) is 12.4 Å². The molecule has 138 valence electrons. The molecule has 0 atom stereocenters. The largest absolute Gasteiger partial charge is 0.452 e. The van der Waals surface area contributed by atoms with Gasteiger partial charge in [-0.3, -0.25) is 4.79 Å². The number of hydrogen-bond acceptors (Lipinski definition) is 3. The fourth-order valence-corrected chi connectivity index (χ4v) is 2.57. The zero-order valence-electron chi connectivity index (χ0n) is 14.8. The Morgan fingerprint density at radius 2 is 1.67 bits per heavy atom. The smallest absolute Gasteiger partial charge is 0.338 e. The summed E-state index contributed by atoms with van der Waals surface area (Å²) in [6, 6.07) is 16.9. The van der Waals surface area contributed by atoms with Gasteiger partial charge in [-0.2, -0.15) is 0 Å². The molecule has 0 unspecified atom stereocenters. The Kier molecular flexibility index (Phi) is 5.66. The number of hydrogen-bond donors (Lipinski definition) is 0. The number of rotatable bonds is 6. The van der Waals surface area contributed by atoms with E-state index >= 15 is 0 Å². The van der Waals surface area contributed by atoms with Crippen molar-refractivity contribution in [2.45, 2.75) is 6.54 Å². The number of carbonyl (C=O) groups excluding carboxylic acids is 2. The maximum absolute atomic E-state index is 13.7. The Bertz CT molecular complexity index is 921. The first kappa shape index (κ1) is 18.4. The van der Waals surface area contributed by atoms with Gasteiger partial charge in [0.2, 0.25) is 0 Å². The summed E-state index contributed by atoms with van der Waals surface area (Å²) in [6.07, 6.45) is 3.80. The first-order valence-electron chi connectivity index (χ1n) is 8.42. The first-order chi connectivity index (χ1) is 13.0. The van der Waals surface area contributed by atoms with Crippen LogP contribution in [0.3, 0.4) is 0 Å². The van der Waals surface area contributed by atoms with Gasteiger partial charge >= 0.3 is 5.97 Å². The van der Waals surface area contributed by atoms with Crippen molar-refractivity contribution in [2.75, 3.05) is 13.7 Å².